The van der Waals surface area contributed by atoms with Gasteiger partial charge in [-0.15, -0.1) is 0 Å². The topological polar surface area (TPSA) is 101 Å². The van der Waals surface area contributed by atoms with Crippen molar-refractivity contribution in [3.8, 4) is 17.4 Å². The predicted molar refractivity (Wildman–Crippen MR) is 99.6 cm³/mol. The number of hydrogen-bond donors (Lipinski definition) is 0. The number of furan rings is 1. The molecule has 0 saturated carbocycles. The van der Waals surface area contributed by atoms with Crippen molar-refractivity contribution in [1.29, 1.82) is 5.26 Å². The molecule has 1 aromatic carbocycles. The fraction of sp³-hybridized carbons (Fsp3) is 0.143. The number of imide groups is 1. The lowest BCUT2D eigenvalue weighted by molar-refractivity contribution is -0.138. The highest BCUT2D eigenvalue weighted by Gasteiger charge is 2.33. The number of amides is 2. The van der Waals surface area contributed by atoms with Crippen LogP contribution in [0.1, 0.15) is 23.0 Å². The Kier molecular flexibility index (Phi) is 4.96. The van der Waals surface area contributed by atoms with Crippen molar-refractivity contribution in [3.63, 3.8) is 0 Å². The van der Waals surface area contributed by atoms with Crippen LogP contribution < -0.4 is 0 Å². The van der Waals surface area contributed by atoms with Crippen molar-refractivity contribution < 1.29 is 23.5 Å². The quantitative estimate of drug-likeness (QED) is 0.464. The van der Waals surface area contributed by atoms with Gasteiger partial charge >= 0.3 is 5.97 Å². The number of carbonyl (C=O) groups is 3. The molecular weight excluding hydrogens is 360 g/mol. The minimum Gasteiger partial charge on any atom is -0.465 e. The van der Waals surface area contributed by atoms with Crippen LogP contribution in [0.5, 0.6) is 0 Å². The molecule has 28 heavy (non-hydrogen) atoms. The molecule has 0 aliphatic carbocycles. The average Bonchev–Trinajstić information content (AvgIpc) is 3.18. The van der Waals surface area contributed by atoms with E-state index in [1.165, 1.54) is 20.2 Å². The number of ether oxygens (including phenoxy) is 1. The number of nitrogens with zero attached hydrogens (tertiary/aromatic N) is 2. The maximum atomic E-state index is 12.4. The number of benzene rings is 1. The summed E-state index contributed by atoms with van der Waals surface area (Å²) in [5.74, 6) is -0.607. The van der Waals surface area contributed by atoms with E-state index in [-0.39, 0.29) is 11.1 Å². The number of nitriles is 1. The standard InChI is InChI=1S/C21H16N2O5/c1-12-16(19(24)23(2)20(25)17(12)11-22)10-15-8-9-18(28-15)13-4-6-14(7-5-13)21(26)27-3/h4-10H,1-3H3/b16-10-. The average molecular weight is 376 g/mol. The summed E-state index contributed by atoms with van der Waals surface area (Å²) in [4.78, 5) is 36.8. The lowest BCUT2D eigenvalue weighted by Gasteiger charge is -2.23. The van der Waals surface area contributed by atoms with Crippen molar-refractivity contribution in [1.82, 2.24) is 4.90 Å². The molecule has 0 saturated heterocycles. The second-order valence-electron chi connectivity index (χ2n) is 6.11. The molecule has 1 aliphatic rings. The van der Waals surface area contributed by atoms with Crippen LogP contribution in [0.2, 0.25) is 0 Å². The zero-order chi connectivity index (χ0) is 20.4. The van der Waals surface area contributed by atoms with Gasteiger partial charge in [0.25, 0.3) is 11.8 Å². The van der Waals surface area contributed by atoms with E-state index in [0.29, 0.717) is 22.7 Å². The highest BCUT2D eigenvalue weighted by Crippen LogP contribution is 2.28. The molecule has 140 valence electrons. The molecule has 7 nitrogen and oxygen atoms in total. The second kappa shape index (κ2) is 7.37. The van der Waals surface area contributed by atoms with Crippen molar-refractivity contribution in [2.45, 2.75) is 6.92 Å². The first kappa shape index (κ1) is 18.9. The Balaban J connectivity index is 1.95. The van der Waals surface area contributed by atoms with E-state index < -0.39 is 17.8 Å². The first-order chi connectivity index (χ1) is 13.4. The van der Waals surface area contributed by atoms with Crippen LogP contribution in [0.3, 0.4) is 0 Å². The minimum atomic E-state index is -0.618. The summed E-state index contributed by atoms with van der Waals surface area (Å²) in [6.45, 7) is 1.56. The van der Waals surface area contributed by atoms with Gasteiger partial charge in [0.15, 0.2) is 0 Å². The second-order valence-corrected chi connectivity index (χ2v) is 6.11. The van der Waals surface area contributed by atoms with Gasteiger partial charge in [-0.1, -0.05) is 12.1 Å². The summed E-state index contributed by atoms with van der Waals surface area (Å²) in [6, 6.07) is 11.9. The lowest BCUT2D eigenvalue weighted by Crippen LogP contribution is -2.39. The van der Waals surface area contributed by atoms with Gasteiger partial charge in [-0.05, 0) is 42.8 Å². The Morgan fingerprint density at radius 2 is 1.82 bits per heavy atom. The number of rotatable bonds is 3. The smallest absolute Gasteiger partial charge is 0.337 e. The number of likely N-dealkylation sites (N-methyl/N-ethyl adjacent to an activating group) is 1. The molecule has 0 N–H and O–H groups in total. The molecule has 0 atom stereocenters. The molecule has 1 aliphatic heterocycles. The highest BCUT2D eigenvalue weighted by atomic mass is 16.5. The van der Waals surface area contributed by atoms with Crippen molar-refractivity contribution in [2.24, 2.45) is 0 Å². The van der Waals surface area contributed by atoms with Gasteiger partial charge in [0, 0.05) is 18.2 Å². The van der Waals surface area contributed by atoms with Crippen molar-refractivity contribution >= 4 is 23.9 Å². The van der Waals surface area contributed by atoms with Gasteiger partial charge in [-0.3, -0.25) is 14.5 Å². The van der Waals surface area contributed by atoms with Gasteiger partial charge in [0.05, 0.1) is 12.7 Å². The lowest BCUT2D eigenvalue weighted by atomic mass is 9.95. The Hall–Kier alpha value is -3.92. The third-order valence-electron chi connectivity index (χ3n) is 4.45. The largest absolute Gasteiger partial charge is 0.465 e. The molecule has 3 rings (SSSR count). The SMILES string of the molecule is COC(=O)c1ccc(-c2ccc(/C=C3\C(=O)N(C)C(=O)C(C#N)=C3C)o2)cc1. The maximum absolute atomic E-state index is 12.4. The summed E-state index contributed by atoms with van der Waals surface area (Å²) in [7, 11) is 2.65. The fourth-order valence-corrected chi connectivity index (χ4v) is 2.81. The normalized spacial score (nSPS) is 15.8. The summed E-state index contributed by atoms with van der Waals surface area (Å²) < 4.78 is 10.4. The van der Waals surface area contributed by atoms with E-state index in [0.717, 1.165) is 10.5 Å². The third kappa shape index (κ3) is 3.23. The Bertz CT molecular complexity index is 1080. The molecule has 2 heterocycles. The molecule has 0 unspecified atom stereocenters. The molecule has 1 aromatic heterocycles. The van der Waals surface area contributed by atoms with Crippen LogP contribution in [-0.2, 0) is 14.3 Å². The maximum Gasteiger partial charge on any atom is 0.337 e. The van der Waals surface area contributed by atoms with Gasteiger partial charge in [-0.25, -0.2) is 4.79 Å². The van der Waals surface area contributed by atoms with Crippen LogP contribution in [-0.4, -0.2) is 36.8 Å². The third-order valence-corrected chi connectivity index (χ3v) is 4.45. The van der Waals surface area contributed by atoms with E-state index in [1.807, 2.05) is 6.07 Å². The van der Waals surface area contributed by atoms with Crippen LogP contribution >= 0.6 is 0 Å². The molecule has 2 aromatic rings. The molecule has 0 radical (unpaired) electrons. The van der Waals surface area contributed by atoms with Gasteiger partial charge in [0.1, 0.15) is 23.2 Å². The molecule has 2 amide bonds. The summed E-state index contributed by atoms with van der Waals surface area (Å²) in [5.41, 5.74) is 1.63. The summed E-state index contributed by atoms with van der Waals surface area (Å²) in [5, 5.41) is 9.20. The van der Waals surface area contributed by atoms with Crippen LogP contribution in [0.4, 0.5) is 0 Å². The number of methoxy groups -OCH3 is 1. The number of carbonyl (C=O) groups excluding carboxylic acids is 3. The van der Waals surface area contributed by atoms with Gasteiger partial charge < -0.3 is 9.15 Å². The van der Waals surface area contributed by atoms with E-state index >= 15 is 0 Å². The first-order valence-corrected chi connectivity index (χ1v) is 8.31. The van der Waals surface area contributed by atoms with Crippen LogP contribution in [0.25, 0.3) is 17.4 Å². The van der Waals surface area contributed by atoms with Gasteiger partial charge in [-0.2, -0.15) is 5.26 Å². The van der Waals surface area contributed by atoms with Crippen molar-refractivity contribution in [2.75, 3.05) is 14.2 Å². The predicted octanol–water partition coefficient (Wildman–Crippen LogP) is 2.96. The Labute approximate surface area is 161 Å². The van der Waals surface area contributed by atoms with E-state index in [9.17, 15) is 19.6 Å². The van der Waals surface area contributed by atoms with Crippen molar-refractivity contribution in [3.05, 3.63) is 64.4 Å². The molecule has 0 bridgehead atoms. The van der Waals surface area contributed by atoms with E-state index in [2.05, 4.69) is 4.74 Å². The Morgan fingerprint density at radius 3 is 2.43 bits per heavy atom. The van der Waals surface area contributed by atoms with Crippen LogP contribution in [0, 0.1) is 11.3 Å². The van der Waals surface area contributed by atoms with E-state index in [4.69, 9.17) is 4.42 Å². The Morgan fingerprint density at radius 1 is 1.14 bits per heavy atom. The zero-order valence-corrected chi connectivity index (χ0v) is 15.5. The molecule has 0 fully saturated rings. The zero-order valence-electron chi connectivity index (χ0n) is 15.5. The summed E-state index contributed by atoms with van der Waals surface area (Å²) >= 11 is 0. The fourth-order valence-electron chi connectivity index (χ4n) is 2.81. The highest BCUT2D eigenvalue weighted by molar-refractivity contribution is 6.19. The van der Waals surface area contributed by atoms with E-state index in [1.54, 1.807) is 43.3 Å². The molecular formula is C21H16N2O5. The van der Waals surface area contributed by atoms with Gasteiger partial charge in [0.2, 0.25) is 0 Å². The molecule has 0 spiro atoms. The minimum absolute atomic E-state index is 0.0708. The molecule has 7 heteroatoms. The first-order valence-electron chi connectivity index (χ1n) is 8.31. The summed E-state index contributed by atoms with van der Waals surface area (Å²) in [6.07, 6.45) is 1.50. The number of esters is 1. The number of hydrogen-bond acceptors (Lipinski definition) is 6. The monoisotopic (exact) mass is 376 g/mol. The van der Waals surface area contributed by atoms with Crippen LogP contribution in [0.15, 0.2) is 57.5 Å².